The lowest BCUT2D eigenvalue weighted by atomic mass is 9.93. The maximum Gasteiger partial charge on any atom is 0.481 e. The zero-order valence-corrected chi connectivity index (χ0v) is 55.8. The average molecular weight is 1320 g/mol. The number of rotatable bonds is 25. The van der Waals surface area contributed by atoms with Crippen LogP contribution in [-0.4, -0.2) is 180 Å². The van der Waals surface area contributed by atoms with E-state index in [0.29, 0.717) is 50.5 Å². The highest BCUT2D eigenvalue weighted by Gasteiger charge is 2.38. The molecular weight excluding hydrogens is 1230 g/mol. The topological polar surface area (TPSA) is 388 Å². The van der Waals surface area contributed by atoms with Crippen molar-refractivity contribution < 1.29 is 99.2 Å². The first kappa shape index (κ1) is 78.1. The number of phosphoric acid groups is 2. The van der Waals surface area contributed by atoms with Gasteiger partial charge >= 0.3 is 33.7 Å². The summed E-state index contributed by atoms with van der Waals surface area (Å²) in [6.45, 7) is 14.7. The Hall–Kier alpha value is -7.13. The van der Waals surface area contributed by atoms with Crippen molar-refractivity contribution in [2.24, 2.45) is 17.8 Å². The lowest BCUT2D eigenvalue weighted by molar-refractivity contribution is -0.154. The van der Waals surface area contributed by atoms with Crippen LogP contribution in [0.15, 0.2) is 59.7 Å². The van der Waals surface area contributed by atoms with Crippen LogP contribution < -0.4 is 31.3 Å². The number of cyclic esters (lactones) is 2. The van der Waals surface area contributed by atoms with E-state index in [1.807, 2.05) is 40.7 Å². The van der Waals surface area contributed by atoms with Crippen molar-refractivity contribution in [3.63, 3.8) is 0 Å². The molecule has 2 heterocycles. The number of hydrogen-bond acceptors (Lipinski definition) is 19. The number of esters is 2. The number of benzene rings is 1. The Balaban J connectivity index is 1.71. The van der Waals surface area contributed by atoms with Gasteiger partial charge in [0, 0.05) is 64.3 Å². The smallest absolute Gasteiger partial charge is 0.456 e. The van der Waals surface area contributed by atoms with Crippen LogP contribution in [0.3, 0.4) is 0 Å². The van der Waals surface area contributed by atoms with Gasteiger partial charge in [0.1, 0.15) is 36.0 Å². The number of phosphoric ester groups is 2. The normalized spacial score (nSPS) is 24.1. The number of carbonyl (C=O) groups excluding carboxylic acids is 11. The number of nitrogens with zero attached hydrogens (tertiary/aromatic N) is 3. The monoisotopic (exact) mass is 1320 g/mol. The second kappa shape index (κ2) is 38.0. The Morgan fingerprint density at radius 3 is 1.99 bits per heavy atom. The Labute approximate surface area is 531 Å². The van der Waals surface area contributed by atoms with Crippen LogP contribution >= 0.6 is 15.6 Å². The van der Waals surface area contributed by atoms with Crippen LogP contribution in [0.5, 0.6) is 5.75 Å². The molecule has 1 aromatic carbocycles. The van der Waals surface area contributed by atoms with Crippen molar-refractivity contribution in [2.45, 2.75) is 170 Å². The number of carbonyl (C=O) groups is 11. The summed E-state index contributed by atoms with van der Waals surface area (Å²) in [5, 5.41) is 12.7. The molecule has 0 bridgehead atoms. The summed E-state index contributed by atoms with van der Waals surface area (Å²) < 4.78 is 55.4. The third kappa shape index (κ3) is 27.3. The summed E-state index contributed by atoms with van der Waals surface area (Å²) in [5.41, 5.74) is 1.37. The summed E-state index contributed by atoms with van der Waals surface area (Å²) >= 11 is 0. The molecule has 3 rings (SSSR count). The van der Waals surface area contributed by atoms with E-state index in [9.17, 15) is 71.7 Å². The number of allylic oxidation sites excluding steroid dienone is 2. The van der Waals surface area contributed by atoms with Gasteiger partial charge in [-0.25, -0.2) is 23.5 Å². The van der Waals surface area contributed by atoms with E-state index in [2.05, 4.69) is 39.9 Å². The lowest BCUT2D eigenvalue weighted by Gasteiger charge is -2.33. The molecule has 91 heavy (non-hydrogen) atoms. The summed E-state index contributed by atoms with van der Waals surface area (Å²) in [6.07, 6.45) is 6.38. The summed E-state index contributed by atoms with van der Waals surface area (Å²) in [5.74, 6) is -7.20. The van der Waals surface area contributed by atoms with Crippen LogP contribution in [0.2, 0.25) is 0 Å². The molecule has 2 aliphatic rings. The van der Waals surface area contributed by atoms with Gasteiger partial charge in [0.05, 0.1) is 19.8 Å². The van der Waals surface area contributed by atoms with Crippen LogP contribution in [0.1, 0.15) is 133 Å². The quantitative estimate of drug-likeness (QED) is 0.0231. The van der Waals surface area contributed by atoms with E-state index in [1.165, 1.54) is 64.4 Å². The third-order valence-electron chi connectivity index (χ3n) is 14.9. The summed E-state index contributed by atoms with van der Waals surface area (Å²) in [6, 6.07) is 0.675. The second-order valence-corrected chi connectivity index (χ2v) is 26.0. The first-order valence-corrected chi connectivity index (χ1v) is 33.3. The Morgan fingerprint density at radius 1 is 0.802 bits per heavy atom. The molecule has 0 aromatic heterocycles. The SMILES string of the molecule is C/C=C(\C)[C@H]1OC(=O)[C@@H](C)NC(=O)[C@H](C(C)CC)NC(=O)CN(C)C(=O)[C@@H](Cc2ccc(OC(=O)NCCOP(=O)(O)OP(=O)(O)OCCNC(=O)CCCCCCN3C(=O)C=CC3=O)cc2)N(C)C(=O)[C@H](C)NC(=O)[C@@H](CC(C)C)OC(=O)/C(C)=C/CC[C@@H]1C. The zero-order chi connectivity index (χ0) is 68.3. The lowest BCUT2D eigenvalue weighted by Crippen LogP contribution is -2.57. The van der Waals surface area contributed by atoms with Crippen molar-refractivity contribution in [2.75, 3.05) is 53.5 Å². The van der Waals surface area contributed by atoms with E-state index in [4.69, 9.17) is 14.2 Å². The largest absolute Gasteiger partial charge is 0.481 e. The van der Waals surface area contributed by atoms with Gasteiger partial charge in [-0.1, -0.05) is 78.2 Å². The van der Waals surface area contributed by atoms with Crippen molar-refractivity contribution in [1.29, 1.82) is 0 Å². The molecule has 31 heteroatoms. The molecule has 0 saturated carbocycles. The maximum absolute atomic E-state index is 14.6. The van der Waals surface area contributed by atoms with E-state index in [-0.39, 0.29) is 67.3 Å². The highest BCUT2D eigenvalue weighted by Crippen LogP contribution is 2.60. The Kier molecular flexibility index (Phi) is 32.6. The molecular formula is C60H92N8O21P2. The van der Waals surface area contributed by atoms with Crippen LogP contribution in [-0.2, 0) is 86.3 Å². The van der Waals surface area contributed by atoms with E-state index in [1.54, 1.807) is 26.8 Å². The molecule has 0 fully saturated rings. The van der Waals surface area contributed by atoms with Crippen molar-refractivity contribution in [3.8, 4) is 5.75 Å². The summed E-state index contributed by atoms with van der Waals surface area (Å²) in [4.78, 5) is 169. The number of hydrogen-bond donors (Lipinski definition) is 7. The predicted octanol–water partition coefficient (Wildman–Crippen LogP) is 4.60. The molecule has 508 valence electrons. The minimum atomic E-state index is -5.26. The Morgan fingerprint density at radius 2 is 1.40 bits per heavy atom. The highest BCUT2D eigenvalue weighted by molar-refractivity contribution is 7.61. The van der Waals surface area contributed by atoms with Crippen LogP contribution in [0.25, 0.3) is 0 Å². The highest BCUT2D eigenvalue weighted by atomic mass is 31.3. The summed E-state index contributed by atoms with van der Waals surface area (Å²) in [7, 11) is -7.82. The maximum atomic E-state index is 14.6. The fourth-order valence-corrected chi connectivity index (χ4v) is 11.4. The van der Waals surface area contributed by atoms with Gasteiger partial charge in [-0.05, 0) is 108 Å². The molecule has 2 aliphatic heterocycles. The van der Waals surface area contributed by atoms with Crippen LogP contribution in [0.4, 0.5) is 4.79 Å². The number of imide groups is 1. The van der Waals surface area contributed by atoms with Gasteiger partial charge in [-0.3, -0.25) is 52.3 Å². The molecule has 0 spiro atoms. The van der Waals surface area contributed by atoms with Gasteiger partial charge in [-0.2, -0.15) is 4.31 Å². The minimum absolute atomic E-state index is 0.0367. The van der Waals surface area contributed by atoms with Gasteiger partial charge in [-0.15, -0.1) is 0 Å². The number of likely N-dealkylation sites (N-methyl/N-ethyl adjacent to an activating group) is 2. The minimum Gasteiger partial charge on any atom is -0.456 e. The van der Waals surface area contributed by atoms with Gasteiger partial charge in [0.25, 0.3) is 17.7 Å². The Bertz CT molecular complexity index is 2900. The molecule has 29 nitrogen and oxygen atoms in total. The fraction of sp³-hybridized carbons (Fsp3) is 0.617. The molecule has 0 aliphatic carbocycles. The van der Waals surface area contributed by atoms with E-state index < -0.39 is 138 Å². The average Bonchev–Trinajstić information content (AvgIpc) is 1.63. The molecule has 10 atom stereocenters. The molecule has 7 N–H and O–H groups in total. The molecule has 9 amide bonds. The van der Waals surface area contributed by atoms with Gasteiger partial charge < -0.3 is 60.4 Å². The number of amides is 9. The van der Waals surface area contributed by atoms with E-state index >= 15 is 0 Å². The number of ether oxygens (including phenoxy) is 3. The van der Waals surface area contributed by atoms with Crippen molar-refractivity contribution >= 4 is 80.9 Å². The number of nitrogens with one attached hydrogen (secondary N) is 5. The molecule has 0 saturated heterocycles. The zero-order valence-electron chi connectivity index (χ0n) is 54.0. The first-order chi connectivity index (χ1) is 42.7. The first-order valence-electron chi connectivity index (χ1n) is 30.3. The fourth-order valence-electron chi connectivity index (χ4n) is 9.31. The van der Waals surface area contributed by atoms with Crippen LogP contribution in [0, 0.1) is 17.8 Å². The number of unbranched alkanes of at least 4 members (excludes halogenated alkanes) is 3. The van der Waals surface area contributed by atoms with Gasteiger partial charge in [0.15, 0.2) is 6.10 Å². The molecule has 1 aromatic rings. The molecule has 3 unspecified atom stereocenters. The predicted molar refractivity (Wildman–Crippen MR) is 330 cm³/mol. The van der Waals surface area contributed by atoms with Crippen molar-refractivity contribution in [3.05, 3.63) is 65.3 Å². The molecule has 0 radical (unpaired) electrons. The van der Waals surface area contributed by atoms with Crippen molar-refractivity contribution in [1.82, 2.24) is 41.3 Å². The standard InChI is InChI=1S/C60H92N8O21P2/c1-13-38(5)52-55(74)64-43(10)59(78)88-53(39(6)14-2)40(7)20-19-21-41(8)58(77)87-47(34-37(3)4)54(73)63-42(9)56(75)67(12)46(57(76)66(11)36-49(70)65-52)35-44-23-25-45(26-24-44)86-60(79)62-30-33-85-91(82,83)89-90(80,81)84-32-29-61-48(69)22-17-15-16-18-31-68-50(71)27-28-51(68)72/h14,21,23-28,37-38,40,42-43,46-47,52-53H,13,15-20,22,29-36H2,1-12H3,(H,61,69)(H,62,79)(H,63,73)(H,64,74)(H,65,70)(H,80,81)(H,82,83)/b39-14+,41-21+/t38?,40-,42-,43+,46+,47+,52-,53+/m0/s1. The third-order valence-corrected chi connectivity index (χ3v) is 17.6. The second-order valence-electron chi connectivity index (χ2n) is 22.9. The van der Waals surface area contributed by atoms with Gasteiger partial charge in [0.2, 0.25) is 29.5 Å². The van der Waals surface area contributed by atoms with E-state index in [0.717, 1.165) is 20.3 Å².